The molecular formula is C10H16O2. The molecule has 0 saturated heterocycles. The smallest absolute Gasteiger partial charge is 0.155 e. The van der Waals surface area contributed by atoms with Crippen LogP contribution in [0.5, 0.6) is 0 Å². The summed E-state index contributed by atoms with van der Waals surface area (Å²) in [5.74, 6) is 0.215. The Labute approximate surface area is 73.7 Å². The SMILES string of the molecule is CCC=CC(=O)CCC(=O)CC. The highest BCUT2D eigenvalue weighted by Gasteiger charge is 2.01. The highest BCUT2D eigenvalue weighted by molar-refractivity contribution is 5.92. The minimum Gasteiger partial charge on any atom is -0.300 e. The fourth-order valence-electron chi connectivity index (χ4n) is 0.772. The number of hydrogen-bond acceptors (Lipinski definition) is 2. The first-order valence-electron chi connectivity index (χ1n) is 4.41. The lowest BCUT2D eigenvalue weighted by Crippen LogP contribution is -2.00. The second-order valence-corrected chi connectivity index (χ2v) is 2.67. The van der Waals surface area contributed by atoms with Crippen molar-refractivity contribution in [2.75, 3.05) is 0 Å². The van der Waals surface area contributed by atoms with Crippen molar-refractivity contribution in [1.29, 1.82) is 0 Å². The highest BCUT2D eigenvalue weighted by atomic mass is 16.1. The fraction of sp³-hybridized carbons (Fsp3) is 0.600. The number of ketones is 2. The zero-order valence-electron chi connectivity index (χ0n) is 7.80. The minimum atomic E-state index is 0.0543. The maximum Gasteiger partial charge on any atom is 0.155 e. The van der Waals surface area contributed by atoms with Crippen LogP contribution in [0.2, 0.25) is 0 Å². The van der Waals surface area contributed by atoms with Gasteiger partial charge in [0.1, 0.15) is 5.78 Å². The average molecular weight is 168 g/mol. The Morgan fingerprint density at radius 1 is 1.17 bits per heavy atom. The molecular weight excluding hydrogens is 152 g/mol. The van der Waals surface area contributed by atoms with Crippen LogP contribution in [0.25, 0.3) is 0 Å². The van der Waals surface area contributed by atoms with Gasteiger partial charge in [-0.1, -0.05) is 19.9 Å². The van der Waals surface area contributed by atoms with E-state index in [0.29, 0.717) is 19.3 Å². The van der Waals surface area contributed by atoms with E-state index in [-0.39, 0.29) is 11.6 Å². The Morgan fingerprint density at radius 2 is 1.83 bits per heavy atom. The lowest BCUT2D eigenvalue weighted by Gasteiger charge is -1.93. The molecule has 0 heterocycles. The second-order valence-electron chi connectivity index (χ2n) is 2.67. The Morgan fingerprint density at radius 3 is 2.33 bits per heavy atom. The van der Waals surface area contributed by atoms with Gasteiger partial charge in [0.25, 0.3) is 0 Å². The van der Waals surface area contributed by atoms with Gasteiger partial charge in [-0.05, 0) is 12.5 Å². The quantitative estimate of drug-likeness (QED) is 0.570. The molecule has 0 bridgehead atoms. The summed E-state index contributed by atoms with van der Waals surface area (Å²) in [5, 5.41) is 0. The van der Waals surface area contributed by atoms with Crippen LogP contribution >= 0.6 is 0 Å². The van der Waals surface area contributed by atoms with Crippen molar-refractivity contribution >= 4 is 11.6 Å². The van der Waals surface area contributed by atoms with Gasteiger partial charge in [0.05, 0.1) is 0 Å². The summed E-state index contributed by atoms with van der Waals surface area (Å²) in [5.41, 5.74) is 0. The van der Waals surface area contributed by atoms with Gasteiger partial charge in [-0.15, -0.1) is 0 Å². The molecule has 0 aliphatic carbocycles. The Balaban J connectivity index is 3.57. The standard InChI is InChI=1S/C10H16O2/c1-3-5-6-10(12)8-7-9(11)4-2/h5-6H,3-4,7-8H2,1-2H3. The number of hydrogen-bond donors (Lipinski definition) is 0. The molecule has 0 N–H and O–H groups in total. The summed E-state index contributed by atoms with van der Waals surface area (Å²) < 4.78 is 0. The Bertz CT molecular complexity index is 180. The van der Waals surface area contributed by atoms with Crippen LogP contribution in [0.3, 0.4) is 0 Å². The number of Topliss-reactive ketones (excluding diaryl/α,β-unsaturated/α-hetero) is 1. The second kappa shape index (κ2) is 6.77. The van der Waals surface area contributed by atoms with Crippen LogP contribution in [-0.4, -0.2) is 11.6 Å². The molecule has 0 aliphatic rings. The molecule has 0 amide bonds. The molecule has 0 unspecified atom stereocenters. The van der Waals surface area contributed by atoms with E-state index in [4.69, 9.17) is 0 Å². The maximum absolute atomic E-state index is 11.0. The third-order valence-electron chi connectivity index (χ3n) is 1.58. The molecule has 2 nitrogen and oxygen atoms in total. The molecule has 12 heavy (non-hydrogen) atoms. The fourth-order valence-corrected chi connectivity index (χ4v) is 0.772. The van der Waals surface area contributed by atoms with Gasteiger partial charge in [-0.3, -0.25) is 9.59 Å². The van der Waals surface area contributed by atoms with E-state index in [0.717, 1.165) is 6.42 Å². The number of carbonyl (C=O) groups excluding carboxylic acids is 2. The van der Waals surface area contributed by atoms with E-state index in [1.807, 2.05) is 19.9 Å². The maximum atomic E-state index is 11.0. The largest absolute Gasteiger partial charge is 0.300 e. The van der Waals surface area contributed by atoms with Gasteiger partial charge in [0.15, 0.2) is 5.78 Å². The topological polar surface area (TPSA) is 34.1 Å². The third kappa shape index (κ3) is 5.83. The monoisotopic (exact) mass is 168 g/mol. The highest BCUT2D eigenvalue weighted by Crippen LogP contribution is 1.97. The van der Waals surface area contributed by atoms with Crippen molar-refractivity contribution in [2.24, 2.45) is 0 Å². The molecule has 0 saturated carbocycles. The molecule has 0 spiro atoms. The first kappa shape index (κ1) is 11.1. The van der Waals surface area contributed by atoms with Gasteiger partial charge in [-0.2, -0.15) is 0 Å². The van der Waals surface area contributed by atoms with Gasteiger partial charge >= 0.3 is 0 Å². The van der Waals surface area contributed by atoms with Crippen LogP contribution < -0.4 is 0 Å². The number of carbonyl (C=O) groups is 2. The van der Waals surface area contributed by atoms with Crippen LogP contribution in [0, 0.1) is 0 Å². The van der Waals surface area contributed by atoms with E-state index in [9.17, 15) is 9.59 Å². The Kier molecular flexibility index (Phi) is 6.25. The van der Waals surface area contributed by atoms with E-state index < -0.39 is 0 Å². The van der Waals surface area contributed by atoms with E-state index in [1.165, 1.54) is 0 Å². The van der Waals surface area contributed by atoms with Crippen molar-refractivity contribution in [3.63, 3.8) is 0 Å². The normalized spacial score (nSPS) is 10.5. The molecule has 0 atom stereocenters. The zero-order chi connectivity index (χ0) is 9.40. The van der Waals surface area contributed by atoms with Crippen molar-refractivity contribution in [2.45, 2.75) is 39.5 Å². The molecule has 0 radical (unpaired) electrons. The van der Waals surface area contributed by atoms with Crippen molar-refractivity contribution < 1.29 is 9.59 Å². The first-order valence-corrected chi connectivity index (χ1v) is 4.41. The van der Waals surface area contributed by atoms with Crippen molar-refractivity contribution in [3.8, 4) is 0 Å². The van der Waals surface area contributed by atoms with Crippen LogP contribution in [-0.2, 0) is 9.59 Å². The molecule has 0 aromatic rings. The first-order chi connectivity index (χ1) is 5.70. The summed E-state index contributed by atoms with van der Waals surface area (Å²) >= 11 is 0. The van der Waals surface area contributed by atoms with E-state index in [2.05, 4.69) is 0 Å². The van der Waals surface area contributed by atoms with Gasteiger partial charge in [0.2, 0.25) is 0 Å². The van der Waals surface area contributed by atoms with Gasteiger partial charge < -0.3 is 0 Å². The van der Waals surface area contributed by atoms with E-state index >= 15 is 0 Å². The average Bonchev–Trinajstić information content (AvgIpc) is 2.10. The van der Waals surface area contributed by atoms with Crippen molar-refractivity contribution in [3.05, 3.63) is 12.2 Å². The summed E-state index contributed by atoms with van der Waals surface area (Å²) in [6.07, 6.45) is 5.53. The van der Waals surface area contributed by atoms with Gasteiger partial charge in [-0.25, -0.2) is 0 Å². The van der Waals surface area contributed by atoms with Gasteiger partial charge in [0, 0.05) is 19.3 Å². The third-order valence-corrected chi connectivity index (χ3v) is 1.58. The van der Waals surface area contributed by atoms with E-state index in [1.54, 1.807) is 6.08 Å². The Hall–Kier alpha value is -0.920. The van der Waals surface area contributed by atoms with Crippen LogP contribution in [0.4, 0.5) is 0 Å². The molecule has 0 aromatic heterocycles. The van der Waals surface area contributed by atoms with Crippen LogP contribution in [0.15, 0.2) is 12.2 Å². The minimum absolute atomic E-state index is 0.0543. The lowest BCUT2D eigenvalue weighted by atomic mass is 10.1. The molecule has 0 aromatic carbocycles. The summed E-state index contributed by atoms with van der Waals surface area (Å²) in [6, 6.07) is 0. The molecule has 0 rings (SSSR count). The summed E-state index contributed by atoms with van der Waals surface area (Å²) in [4.78, 5) is 21.8. The summed E-state index contributed by atoms with van der Waals surface area (Å²) in [6.45, 7) is 3.79. The number of rotatable bonds is 6. The van der Waals surface area contributed by atoms with Crippen molar-refractivity contribution in [1.82, 2.24) is 0 Å². The molecule has 2 heteroatoms. The predicted octanol–water partition coefficient (Wildman–Crippen LogP) is 2.28. The predicted molar refractivity (Wildman–Crippen MR) is 49.0 cm³/mol. The number of allylic oxidation sites excluding steroid dienone is 2. The lowest BCUT2D eigenvalue weighted by molar-refractivity contribution is -0.122. The molecule has 0 fully saturated rings. The molecule has 0 aliphatic heterocycles. The van der Waals surface area contributed by atoms with Crippen LogP contribution in [0.1, 0.15) is 39.5 Å². The zero-order valence-corrected chi connectivity index (χ0v) is 7.80. The molecule has 68 valence electrons. The summed E-state index contributed by atoms with van der Waals surface area (Å²) in [7, 11) is 0.